The second-order valence-electron chi connectivity index (χ2n) is 7.94. The Labute approximate surface area is 103 Å². The molecule has 0 aliphatic rings. The van der Waals surface area contributed by atoms with Gasteiger partial charge in [-0.15, -0.1) is 0 Å². The Bertz CT molecular complexity index is 200. The summed E-state index contributed by atoms with van der Waals surface area (Å²) in [6.07, 6.45) is 0. The minimum atomic E-state index is 0.164. The zero-order chi connectivity index (χ0) is 13.2. The highest BCUT2D eigenvalue weighted by atomic mass is 15.1. The van der Waals surface area contributed by atoms with E-state index in [1.165, 1.54) is 0 Å². The molecule has 0 aliphatic heterocycles. The molecule has 0 heterocycles. The van der Waals surface area contributed by atoms with Crippen molar-refractivity contribution in [1.82, 2.24) is 10.6 Å². The van der Waals surface area contributed by atoms with Crippen molar-refractivity contribution in [3.05, 3.63) is 0 Å². The van der Waals surface area contributed by atoms with E-state index in [2.05, 4.69) is 72.9 Å². The predicted molar refractivity (Wildman–Crippen MR) is 73.9 cm³/mol. The molecule has 98 valence electrons. The van der Waals surface area contributed by atoms with Gasteiger partial charge in [-0.3, -0.25) is 0 Å². The lowest BCUT2D eigenvalue weighted by Crippen LogP contribution is -2.56. The van der Waals surface area contributed by atoms with Crippen molar-refractivity contribution < 1.29 is 0 Å². The predicted octanol–water partition coefficient (Wildman–Crippen LogP) is 3.18. The molecule has 0 saturated heterocycles. The molecule has 2 nitrogen and oxygen atoms in total. The maximum atomic E-state index is 3.71. The molecular formula is C14H32N2. The van der Waals surface area contributed by atoms with Crippen molar-refractivity contribution in [2.24, 2.45) is 5.41 Å². The molecule has 0 aliphatic carbocycles. The fourth-order valence-corrected chi connectivity index (χ4v) is 1.50. The fraction of sp³-hybridized carbons (Fsp3) is 1.00. The molecule has 1 atom stereocenters. The van der Waals surface area contributed by atoms with Crippen LogP contribution in [0.15, 0.2) is 0 Å². The van der Waals surface area contributed by atoms with Gasteiger partial charge >= 0.3 is 0 Å². The van der Waals surface area contributed by atoms with E-state index >= 15 is 0 Å². The first-order chi connectivity index (χ1) is 6.81. The van der Waals surface area contributed by atoms with E-state index < -0.39 is 0 Å². The molecule has 0 spiro atoms. The van der Waals surface area contributed by atoms with Crippen molar-refractivity contribution in [2.45, 2.75) is 79.4 Å². The van der Waals surface area contributed by atoms with Crippen LogP contribution in [-0.4, -0.2) is 23.7 Å². The summed E-state index contributed by atoms with van der Waals surface area (Å²) in [5.41, 5.74) is 0.617. The average molecular weight is 228 g/mol. The fourth-order valence-electron chi connectivity index (χ4n) is 1.50. The Morgan fingerprint density at radius 2 is 1.19 bits per heavy atom. The summed E-state index contributed by atoms with van der Waals surface area (Å²) in [4.78, 5) is 0. The first kappa shape index (κ1) is 15.9. The lowest BCUT2D eigenvalue weighted by atomic mass is 9.84. The van der Waals surface area contributed by atoms with Crippen LogP contribution in [0.5, 0.6) is 0 Å². The van der Waals surface area contributed by atoms with Crippen molar-refractivity contribution in [3.63, 3.8) is 0 Å². The lowest BCUT2D eigenvalue weighted by molar-refractivity contribution is 0.202. The van der Waals surface area contributed by atoms with Gasteiger partial charge in [0.05, 0.1) is 0 Å². The molecule has 0 fully saturated rings. The minimum absolute atomic E-state index is 0.164. The molecule has 16 heavy (non-hydrogen) atoms. The van der Waals surface area contributed by atoms with Gasteiger partial charge in [0.25, 0.3) is 0 Å². The molecule has 0 rings (SSSR count). The van der Waals surface area contributed by atoms with Crippen LogP contribution in [-0.2, 0) is 0 Å². The van der Waals surface area contributed by atoms with Gasteiger partial charge in [-0.2, -0.15) is 0 Å². The van der Waals surface area contributed by atoms with Gasteiger partial charge in [-0.05, 0) is 47.0 Å². The summed E-state index contributed by atoms with van der Waals surface area (Å²) in [6.45, 7) is 21.2. The summed E-state index contributed by atoms with van der Waals surface area (Å²) < 4.78 is 0. The average Bonchev–Trinajstić information content (AvgIpc) is 1.91. The molecule has 0 aromatic rings. The highest BCUT2D eigenvalue weighted by Crippen LogP contribution is 2.21. The Kier molecular flexibility index (Phi) is 5.03. The van der Waals surface area contributed by atoms with Gasteiger partial charge in [-0.1, -0.05) is 20.8 Å². The van der Waals surface area contributed by atoms with E-state index in [4.69, 9.17) is 0 Å². The van der Waals surface area contributed by atoms with Crippen LogP contribution in [0.25, 0.3) is 0 Å². The maximum absolute atomic E-state index is 3.71. The van der Waals surface area contributed by atoms with Gasteiger partial charge in [0.2, 0.25) is 0 Å². The summed E-state index contributed by atoms with van der Waals surface area (Å²) >= 11 is 0. The number of hydrogen-bond donors (Lipinski definition) is 2. The molecule has 1 unspecified atom stereocenters. The topological polar surface area (TPSA) is 24.1 Å². The summed E-state index contributed by atoms with van der Waals surface area (Å²) in [7, 11) is 0. The van der Waals surface area contributed by atoms with Crippen molar-refractivity contribution >= 4 is 0 Å². The van der Waals surface area contributed by atoms with E-state index in [0.29, 0.717) is 6.04 Å². The van der Waals surface area contributed by atoms with Crippen molar-refractivity contribution in [1.29, 1.82) is 0 Å². The van der Waals surface area contributed by atoms with Gasteiger partial charge in [0, 0.05) is 23.7 Å². The van der Waals surface area contributed by atoms with Crippen molar-refractivity contribution in [3.8, 4) is 0 Å². The summed E-state index contributed by atoms with van der Waals surface area (Å²) in [6, 6.07) is 0.478. The zero-order valence-corrected chi connectivity index (χ0v) is 12.8. The summed E-state index contributed by atoms with van der Waals surface area (Å²) in [5, 5.41) is 7.29. The lowest BCUT2D eigenvalue weighted by Gasteiger charge is -2.39. The molecule has 0 aromatic heterocycles. The molecule has 2 heteroatoms. The maximum Gasteiger partial charge on any atom is 0.0245 e. The van der Waals surface area contributed by atoms with Crippen LogP contribution < -0.4 is 10.6 Å². The number of hydrogen-bond acceptors (Lipinski definition) is 2. The highest BCUT2D eigenvalue weighted by molar-refractivity contribution is 4.89. The van der Waals surface area contributed by atoms with Crippen LogP contribution in [0, 0.1) is 5.41 Å². The van der Waals surface area contributed by atoms with E-state index in [-0.39, 0.29) is 16.5 Å². The number of rotatable bonds is 3. The SMILES string of the molecule is CC(C)(C)NCC(NC(C)(C)C)C(C)(C)C. The normalized spacial score (nSPS) is 16.3. The Morgan fingerprint density at radius 1 is 0.750 bits per heavy atom. The number of nitrogens with one attached hydrogen (secondary N) is 2. The quantitative estimate of drug-likeness (QED) is 0.775. The van der Waals surface area contributed by atoms with Crippen LogP contribution in [0.4, 0.5) is 0 Å². The molecule has 0 aromatic carbocycles. The van der Waals surface area contributed by atoms with E-state index in [9.17, 15) is 0 Å². The summed E-state index contributed by atoms with van der Waals surface area (Å²) in [5.74, 6) is 0. The largest absolute Gasteiger partial charge is 0.311 e. The van der Waals surface area contributed by atoms with Crippen LogP contribution >= 0.6 is 0 Å². The van der Waals surface area contributed by atoms with Gasteiger partial charge in [0.15, 0.2) is 0 Å². The highest BCUT2D eigenvalue weighted by Gasteiger charge is 2.28. The second kappa shape index (κ2) is 5.05. The third kappa shape index (κ3) is 8.12. The monoisotopic (exact) mass is 228 g/mol. The van der Waals surface area contributed by atoms with Crippen LogP contribution in [0.1, 0.15) is 62.3 Å². The Morgan fingerprint density at radius 3 is 1.44 bits per heavy atom. The minimum Gasteiger partial charge on any atom is -0.311 e. The van der Waals surface area contributed by atoms with Crippen LogP contribution in [0.3, 0.4) is 0 Å². The third-order valence-corrected chi connectivity index (χ3v) is 2.49. The molecule has 0 radical (unpaired) electrons. The molecule has 0 amide bonds. The molecule has 2 N–H and O–H groups in total. The first-order valence-corrected chi connectivity index (χ1v) is 6.34. The molecule has 0 bridgehead atoms. The van der Waals surface area contributed by atoms with E-state index in [1.807, 2.05) is 0 Å². The van der Waals surface area contributed by atoms with E-state index in [1.54, 1.807) is 0 Å². The van der Waals surface area contributed by atoms with Gasteiger partial charge in [0.1, 0.15) is 0 Å². The third-order valence-electron chi connectivity index (χ3n) is 2.49. The van der Waals surface area contributed by atoms with Gasteiger partial charge in [-0.25, -0.2) is 0 Å². The molecule has 0 saturated carbocycles. The van der Waals surface area contributed by atoms with Gasteiger partial charge < -0.3 is 10.6 Å². The van der Waals surface area contributed by atoms with Crippen LogP contribution in [0.2, 0.25) is 0 Å². The smallest absolute Gasteiger partial charge is 0.0245 e. The van der Waals surface area contributed by atoms with E-state index in [0.717, 1.165) is 6.54 Å². The Balaban J connectivity index is 4.47. The second-order valence-corrected chi connectivity index (χ2v) is 7.94. The zero-order valence-electron chi connectivity index (χ0n) is 12.8. The first-order valence-electron chi connectivity index (χ1n) is 6.34. The molecular weight excluding hydrogens is 196 g/mol. The van der Waals surface area contributed by atoms with Crippen molar-refractivity contribution in [2.75, 3.05) is 6.54 Å². The standard InChI is InChI=1S/C14H32N2/c1-12(2,3)11(16-14(7,8)9)10-15-13(4,5)6/h11,15-16H,10H2,1-9H3. The Hall–Kier alpha value is -0.0800.